The van der Waals surface area contributed by atoms with Crippen molar-refractivity contribution in [3.8, 4) is 0 Å². The van der Waals surface area contributed by atoms with Gasteiger partial charge >= 0.3 is 0 Å². The third-order valence-corrected chi connectivity index (χ3v) is 5.88. The first kappa shape index (κ1) is 19.7. The number of primary sulfonamides is 1. The van der Waals surface area contributed by atoms with E-state index in [1.807, 2.05) is 6.07 Å². The molecule has 0 amide bonds. The van der Waals surface area contributed by atoms with Gasteiger partial charge in [0, 0.05) is 19.6 Å². The lowest BCUT2D eigenvalue weighted by Crippen LogP contribution is -2.44. The number of guanidine groups is 1. The van der Waals surface area contributed by atoms with Gasteiger partial charge in [-0.05, 0) is 55.2 Å². The molecule has 1 aromatic carbocycles. The van der Waals surface area contributed by atoms with Crippen molar-refractivity contribution in [3.05, 3.63) is 29.8 Å². The monoisotopic (exact) mass is 366 g/mol. The molecule has 0 spiro atoms. The van der Waals surface area contributed by atoms with Crippen LogP contribution in [0.15, 0.2) is 34.2 Å². The fraction of sp³-hybridized carbons (Fsp3) is 0.611. The molecule has 1 aliphatic carbocycles. The normalized spacial score (nSPS) is 22.0. The van der Waals surface area contributed by atoms with E-state index in [1.165, 1.54) is 18.9 Å². The predicted molar refractivity (Wildman–Crippen MR) is 102 cm³/mol. The molecule has 1 aromatic rings. The smallest absolute Gasteiger partial charge is 0.238 e. The minimum atomic E-state index is -3.68. The van der Waals surface area contributed by atoms with Crippen molar-refractivity contribution in [2.45, 2.75) is 57.0 Å². The van der Waals surface area contributed by atoms with Crippen molar-refractivity contribution in [2.75, 3.05) is 7.05 Å². The first-order chi connectivity index (χ1) is 11.8. The number of aliphatic imine (C=N–C) groups is 1. The summed E-state index contributed by atoms with van der Waals surface area (Å²) in [5.74, 6) is 2.33. The third kappa shape index (κ3) is 6.01. The second-order valence-electron chi connectivity index (χ2n) is 7.12. The number of rotatable bonds is 5. The molecule has 1 aliphatic rings. The molecule has 0 unspecified atom stereocenters. The Labute approximate surface area is 151 Å². The zero-order valence-electron chi connectivity index (χ0n) is 15.3. The fourth-order valence-corrected chi connectivity index (χ4v) is 3.92. The Hall–Kier alpha value is -1.60. The summed E-state index contributed by atoms with van der Waals surface area (Å²) < 4.78 is 22.9. The number of nitrogens with one attached hydrogen (secondary N) is 2. The summed E-state index contributed by atoms with van der Waals surface area (Å²) in [5.41, 5.74) is 0.845. The van der Waals surface area contributed by atoms with Crippen molar-refractivity contribution in [3.63, 3.8) is 0 Å². The van der Waals surface area contributed by atoms with Crippen LogP contribution >= 0.6 is 0 Å². The number of sulfonamides is 1. The number of nitrogens with two attached hydrogens (primary N) is 1. The van der Waals surface area contributed by atoms with Crippen molar-refractivity contribution < 1.29 is 8.42 Å². The summed E-state index contributed by atoms with van der Waals surface area (Å²) >= 11 is 0. The summed E-state index contributed by atoms with van der Waals surface area (Å²) in [7, 11) is -1.93. The van der Waals surface area contributed by atoms with Gasteiger partial charge in [0.1, 0.15) is 0 Å². The molecule has 4 N–H and O–H groups in total. The van der Waals surface area contributed by atoms with E-state index >= 15 is 0 Å². The van der Waals surface area contributed by atoms with Gasteiger partial charge in [0.15, 0.2) is 5.96 Å². The van der Waals surface area contributed by atoms with Gasteiger partial charge in [0.05, 0.1) is 4.90 Å². The zero-order chi connectivity index (χ0) is 18.4. The molecule has 0 atom stereocenters. The van der Waals surface area contributed by atoms with Gasteiger partial charge in [-0.25, -0.2) is 13.6 Å². The topological polar surface area (TPSA) is 96.6 Å². The van der Waals surface area contributed by atoms with E-state index in [0.29, 0.717) is 12.6 Å². The van der Waals surface area contributed by atoms with Crippen LogP contribution in [-0.4, -0.2) is 27.5 Å². The van der Waals surface area contributed by atoms with Gasteiger partial charge in [-0.15, -0.1) is 0 Å². The van der Waals surface area contributed by atoms with Crippen LogP contribution in [-0.2, 0) is 16.6 Å². The Morgan fingerprint density at radius 2 is 1.96 bits per heavy atom. The first-order valence-corrected chi connectivity index (χ1v) is 10.4. The highest BCUT2D eigenvalue weighted by atomic mass is 32.2. The summed E-state index contributed by atoms with van der Waals surface area (Å²) in [5, 5.41) is 11.9. The van der Waals surface area contributed by atoms with Crippen LogP contribution in [0, 0.1) is 11.8 Å². The van der Waals surface area contributed by atoms with E-state index in [2.05, 4.69) is 29.5 Å². The zero-order valence-corrected chi connectivity index (χ0v) is 16.1. The average Bonchev–Trinajstić information content (AvgIpc) is 2.58. The maximum atomic E-state index is 11.4. The molecular formula is C18H30N4O2S. The van der Waals surface area contributed by atoms with E-state index in [-0.39, 0.29) is 4.90 Å². The summed E-state index contributed by atoms with van der Waals surface area (Å²) in [4.78, 5) is 4.40. The third-order valence-electron chi connectivity index (χ3n) is 4.97. The van der Waals surface area contributed by atoms with Gasteiger partial charge < -0.3 is 10.6 Å². The van der Waals surface area contributed by atoms with Gasteiger partial charge in [0.25, 0.3) is 0 Å². The Morgan fingerprint density at radius 1 is 1.28 bits per heavy atom. The van der Waals surface area contributed by atoms with Crippen LogP contribution in [0.3, 0.4) is 0 Å². The van der Waals surface area contributed by atoms with Crippen LogP contribution in [0.1, 0.15) is 45.1 Å². The molecule has 0 aromatic heterocycles. The van der Waals surface area contributed by atoms with Crippen molar-refractivity contribution in [1.29, 1.82) is 0 Å². The lowest BCUT2D eigenvalue weighted by molar-refractivity contribution is 0.250. The highest BCUT2D eigenvalue weighted by Crippen LogP contribution is 2.29. The summed E-state index contributed by atoms with van der Waals surface area (Å²) in [6.45, 7) is 5.09. The highest BCUT2D eigenvalue weighted by Gasteiger charge is 2.23. The second kappa shape index (κ2) is 8.67. The molecule has 0 bridgehead atoms. The van der Waals surface area contributed by atoms with Crippen molar-refractivity contribution in [1.82, 2.24) is 10.6 Å². The SMILES string of the molecule is CN=C(NCc1cccc(S(N)(=O)=O)c1)NC1CCC(C(C)C)CC1. The number of hydrogen-bond acceptors (Lipinski definition) is 3. The van der Waals surface area contributed by atoms with Crippen molar-refractivity contribution in [2.24, 2.45) is 22.0 Å². The Balaban J connectivity index is 1.87. The molecule has 25 heavy (non-hydrogen) atoms. The van der Waals surface area contributed by atoms with Crippen LogP contribution in [0.5, 0.6) is 0 Å². The van der Waals surface area contributed by atoms with Gasteiger partial charge in [-0.3, -0.25) is 4.99 Å². The minimum Gasteiger partial charge on any atom is -0.354 e. The molecule has 0 aliphatic heterocycles. The largest absolute Gasteiger partial charge is 0.354 e. The standard InChI is InChI=1S/C18H30N4O2S/c1-13(2)15-7-9-16(10-8-15)22-18(20-3)21-12-14-5-4-6-17(11-14)25(19,23)24/h4-6,11,13,15-16H,7-10,12H2,1-3H3,(H2,19,23,24)(H2,20,21,22). The van der Waals surface area contributed by atoms with Crippen LogP contribution in [0.2, 0.25) is 0 Å². The molecule has 1 fully saturated rings. The quantitative estimate of drug-likeness (QED) is 0.550. The van der Waals surface area contributed by atoms with Crippen LogP contribution in [0.4, 0.5) is 0 Å². The molecule has 140 valence electrons. The molecule has 6 nitrogen and oxygen atoms in total. The molecule has 7 heteroatoms. The number of nitrogens with zero attached hydrogens (tertiary/aromatic N) is 1. The lowest BCUT2D eigenvalue weighted by atomic mass is 9.80. The van der Waals surface area contributed by atoms with Crippen LogP contribution < -0.4 is 15.8 Å². The molecule has 1 saturated carbocycles. The first-order valence-electron chi connectivity index (χ1n) is 8.88. The maximum absolute atomic E-state index is 11.4. The average molecular weight is 367 g/mol. The fourth-order valence-electron chi connectivity index (χ4n) is 3.34. The minimum absolute atomic E-state index is 0.127. The maximum Gasteiger partial charge on any atom is 0.238 e. The number of benzene rings is 1. The van der Waals surface area contributed by atoms with E-state index in [0.717, 1.165) is 36.2 Å². The van der Waals surface area contributed by atoms with Gasteiger partial charge in [-0.1, -0.05) is 26.0 Å². The van der Waals surface area contributed by atoms with Crippen LogP contribution in [0.25, 0.3) is 0 Å². The number of hydrogen-bond donors (Lipinski definition) is 3. The summed E-state index contributed by atoms with van der Waals surface area (Å²) in [6.07, 6.45) is 4.82. The highest BCUT2D eigenvalue weighted by molar-refractivity contribution is 7.89. The van der Waals surface area contributed by atoms with Gasteiger partial charge in [0.2, 0.25) is 10.0 Å². The molecule has 0 saturated heterocycles. The molecule has 0 radical (unpaired) electrons. The van der Waals surface area contributed by atoms with Crippen molar-refractivity contribution >= 4 is 16.0 Å². The molecule has 0 heterocycles. The van der Waals surface area contributed by atoms with E-state index in [4.69, 9.17) is 5.14 Å². The Morgan fingerprint density at radius 3 is 2.52 bits per heavy atom. The van der Waals surface area contributed by atoms with Gasteiger partial charge in [-0.2, -0.15) is 0 Å². The Kier molecular flexibility index (Phi) is 6.84. The summed E-state index contributed by atoms with van der Waals surface area (Å²) in [6, 6.07) is 7.09. The Bertz CT molecular complexity index is 693. The molecule has 2 rings (SSSR count). The van der Waals surface area contributed by atoms with E-state index in [9.17, 15) is 8.42 Å². The van der Waals surface area contributed by atoms with E-state index in [1.54, 1.807) is 19.2 Å². The molecular weight excluding hydrogens is 336 g/mol. The van der Waals surface area contributed by atoms with E-state index < -0.39 is 10.0 Å². The lowest BCUT2D eigenvalue weighted by Gasteiger charge is -2.32. The predicted octanol–water partition coefficient (Wildman–Crippen LogP) is 2.21. The second-order valence-corrected chi connectivity index (χ2v) is 8.68.